The van der Waals surface area contributed by atoms with Gasteiger partial charge in [-0.2, -0.15) is 0 Å². The third kappa shape index (κ3) is 3.70. The number of nitrogens with zero attached hydrogens (tertiary/aromatic N) is 1. The molecule has 3 N–H and O–H groups in total. The van der Waals surface area contributed by atoms with E-state index >= 15 is 0 Å². The average Bonchev–Trinajstić information content (AvgIpc) is 2.59. The van der Waals surface area contributed by atoms with Gasteiger partial charge in [-0.1, -0.05) is 0 Å². The highest BCUT2D eigenvalue weighted by molar-refractivity contribution is 4.78. The average molecular weight is 227 g/mol. The number of nitrogens with one attached hydrogen (secondary N) is 2. The number of hydrogen-bond donors (Lipinski definition) is 3. The summed E-state index contributed by atoms with van der Waals surface area (Å²) in [5, 5.41) is 17.0. The number of hydrogen-bond acceptors (Lipinski definition) is 4. The minimum Gasteiger partial charge on any atom is -0.392 e. The Bertz CT molecular complexity index is 187. The molecular formula is C12H25N3O. The highest BCUT2D eigenvalue weighted by Gasteiger charge is 2.23. The minimum atomic E-state index is -0.127. The Hall–Kier alpha value is -0.160. The predicted molar refractivity (Wildman–Crippen MR) is 65.5 cm³/mol. The molecule has 2 unspecified atom stereocenters. The van der Waals surface area contributed by atoms with E-state index in [-0.39, 0.29) is 6.10 Å². The summed E-state index contributed by atoms with van der Waals surface area (Å²) in [5.74, 6) is 0.505. The Morgan fingerprint density at radius 1 is 1.06 bits per heavy atom. The Balaban J connectivity index is 1.74. The second-order valence-electron chi connectivity index (χ2n) is 5.06. The number of piperazine rings is 1. The fraction of sp³-hybridized carbons (Fsp3) is 1.00. The molecule has 4 nitrogen and oxygen atoms in total. The Morgan fingerprint density at radius 2 is 1.81 bits per heavy atom. The van der Waals surface area contributed by atoms with E-state index < -0.39 is 0 Å². The molecule has 0 amide bonds. The smallest absolute Gasteiger partial charge is 0.0695 e. The van der Waals surface area contributed by atoms with Crippen LogP contribution in [0.3, 0.4) is 0 Å². The van der Waals surface area contributed by atoms with Gasteiger partial charge in [-0.15, -0.1) is 0 Å². The maximum Gasteiger partial charge on any atom is 0.0695 e. The van der Waals surface area contributed by atoms with E-state index in [9.17, 15) is 5.11 Å². The molecule has 0 radical (unpaired) electrons. The van der Waals surface area contributed by atoms with Crippen molar-refractivity contribution in [1.29, 1.82) is 0 Å². The third-order valence-corrected chi connectivity index (χ3v) is 3.82. The molecular weight excluding hydrogens is 202 g/mol. The van der Waals surface area contributed by atoms with Crippen molar-refractivity contribution in [2.45, 2.75) is 25.4 Å². The molecule has 2 aliphatic rings. The molecule has 16 heavy (non-hydrogen) atoms. The lowest BCUT2D eigenvalue weighted by molar-refractivity contribution is 0.0542. The van der Waals surface area contributed by atoms with Gasteiger partial charge in [-0.05, 0) is 38.3 Å². The van der Waals surface area contributed by atoms with Crippen LogP contribution in [0.15, 0.2) is 0 Å². The zero-order valence-corrected chi connectivity index (χ0v) is 10.1. The van der Waals surface area contributed by atoms with Gasteiger partial charge in [0.25, 0.3) is 0 Å². The van der Waals surface area contributed by atoms with E-state index in [0.717, 1.165) is 52.2 Å². The summed E-state index contributed by atoms with van der Waals surface area (Å²) in [6, 6.07) is 0. The van der Waals surface area contributed by atoms with Crippen molar-refractivity contribution in [2.24, 2.45) is 5.92 Å². The van der Waals surface area contributed by atoms with Crippen LogP contribution in [0.5, 0.6) is 0 Å². The van der Waals surface area contributed by atoms with Crippen LogP contribution < -0.4 is 10.6 Å². The normalized spacial score (nSPS) is 30.9. The molecule has 2 rings (SSSR count). The van der Waals surface area contributed by atoms with Gasteiger partial charge in [0.2, 0.25) is 0 Å². The van der Waals surface area contributed by atoms with E-state index in [0.29, 0.717) is 5.92 Å². The molecule has 0 bridgehead atoms. The molecule has 0 saturated carbocycles. The summed E-state index contributed by atoms with van der Waals surface area (Å²) >= 11 is 0. The first-order valence-corrected chi connectivity index (χ1v) is 6.68. The van der Waals surface area contributed by atoms with Crippen LogP contribution in [0.25, 0.3) is 0 Å². The first-order chi connectivity index (χ1) is 7.86. The third-order valence-electron chi connectivity index (χ3n) is 3.82. The molecule has 94 valence electrons. The number of β-amino-alcohol motifs (C(OH)–C–C–N with tert-alkyl or cyclic N) is 1. The van der Waals surface area contributed by atoms with Crippen LogP contribution in [-0.2, 0) is 0 Å². The maximum atomic E-state index is 10.3. The molecule has 2 aliphatic heterocycles. The minimum absolute atomic E-state index is 0.127. The van der Waals surface area contributed by atoms with Crippen LogP contribution in [0, 0.1) is 5.92 Å². The zero-order chi connectivity index (χ0) is 11.2. The van der Waals surface area contributed by atoms with Crippen molar-refractivity contribution in [3.63, 3.8) is 0 Å². The summed E-state index contributed by atoms with van der Waals surface area (Å²) < 4.78 is 0. The van der Waals surface area contributed by atoms with Gasteiger partial charge in [-0.3, -0.25) is 4.90 Å². The van der Waals surface area contributed by atoms with E-state index in [1.165, 1.54) is 12.8 Å². The molecule has 2 saturated heterocycles. The SMILES string of the molecule is OC(CN1CCNCC1)C1CCCNCC1. The van der Waals surface area contributed by atoms with E-state index in [2.05, 4.69) is 15.5 Å². The summed E-state index contributed by atoms with van der Waals surface area (Å²) in [4.78, 5) is 2.39. The lowest BCUT2D eigenvalue weighted by atomic mass is 9.94. The van der Waals surface area contributed by atoms with E-state index in [1.54, 1.807) is 0 Å². The van der Waals surface area contributed by atoms with Gasteiger partial charge >= 0.3 is 0 Å². The number of aliphatic hydroxyl groups is 1. The largest absolute Gasteiger partial charge is 0.392 e. The molecule has 2 atom stereocenters. The highest BCUT2D eigenvalue weighted by atomic mass is 16.3. The Kier molecular flexibility index (Phi) is 5.03. The molecule has 0 spiro atoms. The standard InChI is InChI=1S/C12H25N3O/c16-12(10-15-8-6-14-7-9-15)11-2-1-4-13-5-3-11/h11-14,16H,1-10H2. The predicted octanol–water partition coefficient (Wildman–Crippen LogP) is -0.358. The number of aliphatic hydroxyl groups excluding tert-OH is 1. The van der Waals surface area contributed by atoms with Crippen LogP contribution in [-0.4, -0.2) is 61.9 Å². The molecule has 0 aromatic heterocycles. The van der Waals surface area contributed by atoms with Gasteiger partial charge in [0.1, 0.15) is 0 Å². The van der Waals surface area contributed by atoms with Crippen LogP contribution in [0.1, 0.15) is 19.3 Å². The summed E-state index contributed by atoms with van der Waals surface area (Å²) in [6.45, 7) is 7.37. The molecule has 0 aliphatic carbocycles. The van der Waals surface area contributed by atoms with Crippen molar-refractivity contribution in [3.8, 4) is 0 Å². The van der Waals surface area contributed by atoms with Crippen molar-refractivity contribution in [1.82, 2.24) is 15.5 Å². The van der Waals surface area contributed by atoms with Crippen molar-refractivity contribution >= 4 is 0 Å². The lowest BCUT2D eigenvalue weighted by Gasteiger charge is -2.31. The first kappa shape index (κ1) is 12.3. The van der Waals surface area contributed by atoms with Crippen LogP contribution in [0.2, 0.25) is 0 Å². The molecule has 0 aromatic carbocycles. The van der Waals surface area contributed by atoms with Gasteiger partial charge in [0.15, 0.2) is 0 Å². The van der Waals surface area contributed by atoms with Crippen molar-refractivity contribution in [3.05, 3.63) is 0 Å². The monoisotopic (exact) mass is 227 g/mol. The Morgan fingerprint density at radius 3 is 2.62 bits per heavy atom. The quantitative estimate of drug-likeness (QED) is 0.616. The van der Waals surface area contributed by atoms with Gasteiger partial charge in [-0.25, -0.2) is 0 Å². The lowest BCUT2D eigenvalue weighted by Crippen LogP contribution is -2.47. The maximum absolute atomic E-state index is 10.3. The topological polar surface area (TPSA) is 47.5 Å². The van der Waals surface area contributed by atoms with E-state index in [1.807, 2.05) is 0 Å². The second kappa shape index (κ2) is 6.55. The number of rotatable bonds is 3. The fourth-order valence-corrected chi connectivity index (χ4v) is 2.74. The van der Waals surface area contributed by atoms with E-state index in [4.69, 9.17) is 0 Å². The van der Waals surface area contributed by atoms with Gasteiger partial charge < -0.3 is 15.7 Å². The summed E-state index contributed by atoms with van der Waals surface area (Å²) in [6.07, 6.45) is 3.40. The molecule has 0 aromatic rings. The second-order valence-corrected chi connectivity index (χ2v) is 5.06. The zero-order valence-electron chi connectivity index (χ0n) is 10.1. The molecule has 2 heterocycles. The summed E-state index contributed by atoms with van der Waals surface area (Å²) in [5.41, 5.74) is 0. The fourth-order valence-electron chi connectivity index (χ4n) is 2.74. The van der Waals surface area contributed by atoms with Gasteiger partial charge in [0.05, 0.1) is 6.10 Å². The van der Waals surface area contributed by atoms with Crippen LogP contribution >= 0.6 is 0 Å². The molecule has 4 heteroatoms. The van der Waals surface area contributed by atoms with Gasteiger partial charge in [0, 0.05) is 32.7 Å². The highest BCUT2D eigenvalue weighted by Crippen LogP contribution is 2.18. The van der Waals surface area contributed by atoms with Crippen molar-refractivity contribution in [2.75, 3.05) is 45.8 Å². The first-order valence-electron chi connectivity index (χ1n) is 6.68. The van der Waals surface area contributed by atoms with Crippen LogP contribution in [0.4, 0.5) is 0 Å². The summed E-state index contributed by atoms with van der Waals surface area (Å²) in [7, 11) is 0. The Labute approximate surface area is 98.4 Å². The molecule has 2 fully saturated rings. The van der Waals surface area contributed by atoms with Crippen molar-refractivity contribution < 1.29 is 5.11 Å².